The first-order valence-corrected chi connectivity index (χ1v) is 6.00. The number of ether oxygens (including phenoxy) is 1. The lowest BCUT2D eigenvalue weighted by molar-refractivity contribution is 0.276. The van der Waals surface area contributed by atoms with Crippen molar-refractivity contribution >= 4 is 11.6 Å². The number of aliphatic hydroxyl groups is 1. The van der Waals surface area contributed by atoms with E-state index in [1.165, 1.54) is 0 Å². The summed E-state index contributed by atoms with van der Waals surface area (Å²) in [5.74, 6) is 0.642. The van der Waals surface area contributed by atoms with Crippen molar-refractivity contribution in [2.75, 3.05) is 6.61 Å². The average Bonchev–Trinajstić information content (AvgIpc) is 2.73. The van der Waals surface area contributed by atoms with Crippen molar-refractivity contribution in [1.29, 1.82) is 0 Å². The second-order valence-corrected chi connectivity index (χ2v) is 4.15. The zero-order valence-electron chi connectivity index (χ0n) is 10.2. The van der Waals surface area contributed by atoms with Crippen molar-refractivity contribution in [3.63, 3.8) is 0 Å². The monoisotopic (exact) mass is 267 g/mol. The van der Waals surface area contributed by atoms with Gasteiger partial charge in [0.15, 0.2) is 0 Å². The van der Waals surface area contributed by atoms with Gasteiger partial charge < -0.3 is 9.84 Å². The van der Waals surface area contributed by atoms with Gasteiger partial charge in [-0.1, -0.05) is 16.8 Å². The van der Waals surface area contributed by atoms with Gasteiger partial charge in [-0.15, -0.1) is 5.10 Å². The molecule has 0 atom stereocenters. The third kappa shape index (κ3) is 2.32. The van der Waals surface area contributed by atoms with Crippen molar-refractivity contribution in [2.45, 2.75) is 20.5 Å². The highest BCUT2D eigenvalue weighted by Gasteiger charge is 2.10. The third-order valence-corrected chi connectivity index (χ3v) is 2.90. The predicted molar refractivity (Wildman–Crippen MR) is 68.2 cm³/mol. The molecule has 0 saturated carbocycles. The zero-order chi connectivity index (χ0) is 13.1. The van der Waals surface area contributed by atoms with Gasteiger partial charge in [0, 0.05) is 0 Å². The summed E-state index contributed by atoms with van der Waals surface area (Å²) in [5, 5.41) is 17.5. The fourth-order valence-corrected chi connectivity index (χ4v) is 1.88. The minimum absolute atomic E-state index is 0.128. The number of nitrogens with zero attached hydrogens (tertiary/aromatic N) is 3. The average molecular weight is 268 g/mol. The topological polar surface area (TPSA) is 60.2 Å². The molecule has 6 heteroatoms. The number of hydrogen-bond donors (Lipinski definition) is 1. The van der Waals surface area contributed by atoms with Crippen LogP contribution in [-0.4, -0.2) is 26.7 Å². The van der Waals surface area contributed by atoms with E-state index in [0.29, 0.717) is 23.1 Å². The molecular weight excluding hydrogens is 254 g/mol. The Morgan fingerprint density at radius 3 is 2.78 bits per heavy atom. The summed E-state index contributed by atoms with van der Waals surface area (Å²) >= 11 is 6.12. The summed E-state index contributed by atoms with van der Waals surface area (Å²) in [4.78, 5) is 0. The second-order valence-electron chi connectivity index (χ2n) is 3.74. The molecule has 2 aromatic rings. The van der Waals surface area contributed by atoms with Gasteiger partial charge in [0.05, 0.1) is 29.6 Å². The van der Waals surface area contributed by atoms with Gasteiger partial charge in [0.25, 0.3) is 0 Å². The predicted octanol–water partition coefficient (Wildman–Crippen LogP) is 2.12. The third-order valence-electron chi connectivity index (χ3n) is 2.60. The molecule has 0 amide bonds. The molecule has 1 aromatic carbocycles. The van der Waals surface area contributed by atoms with E-state index in [1.807, 2.05) is 19.9 Å². The summed E-state index contributed by atoms with van der Waals surface area (Å²) in [5.41, 5.74) is 2.13. The number of halogens is 1. The van der Waals surface area contributed by atoms with Gasteiger partial charge in [-0.05, 0) is 32.0 Å². The normalized spacial score (nSPS) is 10.7. The maximum Gasteiger partial charge on any atom is 0.138 e. The van der Waals surface area contributed by atoms with E-state index in [-0.39, 0.29) is 6.61 Å². The van der Waals surface area contributed by atoms with Crippen LogP contribution >= 0.6 is 11.6 Å². The molecule has 0 aliphatic carbocycles. The number of aliphatic hydroxyl groups excluding tert-OH is 1. The van der Waals surface area contributed by atoms with Crippen LogP contribution in [-0.2, 0) is 6.61 Å². The van der Waals surface area contributed by atoms with Crippen LogP contribution in [0.3, 0.4) is 0 Å². The summed E-state index contributed by atoms with van der Waals surface area (Å²) in [6, 6.07) is 5.40. The van der Waals surface area contributed by atoms with Crippen LogP contribution in [0.4, 0.5) is 0 Å². The van der Waals surface area contributed by atoms with Crippen molar-refractivity contribution in [3.8, 4) is 11.4 Å². The van der Waals surface area contributed by atoms with Gasteiger partial charge in [-0.2, -0.15) is 0 Å². The van der Waals surface area contributed by atoms with E-state index in [2.05, 4.69) is 10.3 Å². The van der Waals surface area contributed by atoms with Crippen LogP contribution in [0.1, 0.15) is 18.3 Å². The van der Waals surface area contributed by atoms with Crippen LogP contribution in [0.2, 0.25) is 5.02 Å². The SMILES string of the molecule is CCOc1ccc(-n2nnc(CO)c2C)cc1Cl. The van der Waals surface area contributed by atoms with Crippen LogP contribution in [0.25, 0.3) is 5.69 Å². The highest BCUT2D eigenvalue weighted by atomic mass is 35.5. The molecule has 1 N–H and O–H groups in total. The molecule has 1 aromatic heterocycles. The lowest BCUT2D eigenvalue weighted by Crippen LogP contribution is -2.00. The summed E-state index contributed by atoms with van der Waals surface area (Å²) < 4.78 is 7.00. The molecule has 96 valence electrons. The minimum atomic E-state index is -0.128. The molecule has 0 unspecified atom stereocenters. The highest BCUT2D eigenvalue weighted by molar-refractivity contribution is 6.32. The van der Waals surface area contributed by atoms with Gasteiger partial charge in [-0.25, -0.2) is 4.68 Å². The molecule has 0 fully saturated rings. The summed E-state index contributed by atoms with van der Waals surface area (Å²) in [6.45, 7) is 4.18. The molecule has 0 aliphatic heterocycles. The van der Waals surface area contributed by atoms with Crippen molar-refractivity contribution in [2.24, 2.45) is 0 Å². The second kappa shape index (κ2) is 5.37. The number of hydrogen-bond acceptors (Lipinski definition) is 4. The first kappa shape index (κ1) is 12.9. The van der Waals surface area contributed by atoms with Crippen molar-refractivity contribution < 1.29 is 9.84 Å². The lowest BCUT2D eigenvalue weighted by Gasteiger charge is -2.08. The molecule has 0 bridgehead atoms. The Morgan fingerprint density at radius 1 is 1.44 bits per heavy atom. The van der Waals surface area contributed by atoms with E-state index in [0.717, 1.165) is 11.4 Å². The molecule has 1 heterocycles. The largest absolute Gasteiger partial charge is 0.492 e. The molecule has 0 radical (unpaired) electrons. The smallest absolute Gasteiger partial charge is 0.138 e. The van der Waals surface area contributed by atoms with E-state index < -0.39 is 0 Å². The molecular formula is C12H14ClN3O2. The molecule has 0 spiro atoms. The fraction of sp³-hybridized carbons (Fsp3) is 0.333. The van der Waals surface area contributed by atoms with E-state index in [1.54, 1.807) is 16.8 Å². The van der Waals surface area contributed by atoms with E-state index in [4.69, 9.17) is 21.4 Å². The Kier molecular flexibility index (Phi) is 3.84. The van der Waals surface area contributed by atoms with Crippen molar-refractivity contribution in [3.05, 3.63) is 34.6 Å². The molecule has 18 heavy (non-hydrogen) atoms. The van der Waals surface area contributed by atoms with Crippen LogP contribution in [0, 0.1) is 6.92 Å². The summed E-state index contributed by atoms with van der Waals surface area (Å²) in [6.07, 6.45) is 0. The number of benzene rings is 1. The van der Waals surface area contributed by atoms with E-state index in [9.17, 15) is 0 Å². The van der Waals surface area contributed by atoms with Crippen LogP contribution in [0.15, 0.2) is 18.2 Å². The Labute approximate surface area is 110 Å². The van der Waals surface area contributed by atoms with Gasteiger partial charge in [0.2, 0.25) is 0 Å². The minimum Gasteiger partial charge on any atom is -0.492 e. The van der Waals surface area contributed by atoms with Crippen LogP contribution < -0.4 is 4.74 Å². The van der Waals surface area contributed by atoms with Gasteiger partial charge in [-0.3, -0.25) is 0 Å². The summed E-state index contributed by atoms with van der Waals surface area (Å²) in [7, 11) is 0. The van der Waals surface area contributed by atoms with Gasteiger partial charge >= 0.3 is 0 Å². The standard InChI is InChI=1S/C12H14ClN3O2/c1-3-18-12-5-4-9(6-10(12)13)16-8(2)11(7-17)14-15-16/h4-6,17H,3,7H2,1-2H3. The Bertz CT molecular complexity index is 554. The Balaban J connectivity index is 2.39. The fourth-order valence-electron chi connectivity index (χ4n) is 1.65. The zero-order valence-corrected chi connectivity index (χ0v) is 11.0. The Hall–Kier alpha value is -1.59. The number of aromatic nitrogens is 3. The van der Waals surface area contributed by atoms with Crippen molar-refractivity contribution in [1.82, 2.24) is 15.0 Å². The first-order valence-electron chi connectivity index (χ1n) is 5.62. The Morgan fingerprint density at radius 2 is 2.22 bits per heavy atom. The van der Waals surface area contributed by atoms with Gasteiger partial charge in [0.1, 0.15) is 11.4 Å². The highest BCUT2D eigenvalue weighted by Crippen LogP contribution is 2.27. The molecule has 0 saturated heterocycles. The maximum absolute atomic E-state index is 9.09. The maximum atomic E-state index is 9.09. The molecule has 2 rings (SSSR count). The first-order chi connectivity index (χ1) is 8.67. The number of rotatable bonds is 4. The quantitative estimate of drug-likeness (QED) is 0.922. The lowest BCUT2D eigenvalue weighted by atomic mass is 10.3. The molecule has 5 nitrogen and oxygen atoms in total. The van der Waals surface area contributed by atoms with Crippen LogP contribution in [0.5, 0.6) is 5.75 Å². The molecule has 0 aliphatic rings. The van der Waals surface area contributed by atoms with E-state index >= 15 is 0 Å².